The Labute approximate surface area is 189 Å². The summed E-state index contributed by atoms with van der Waals surface area (Å²) in [7, 11) is 0. The Hall–Kier alpha value is -4.39. The SMILES string of the molecule is CCOC(=O)c1ccc(NC(=O)COc2c(-c3ccccc3)oc3ccccc3c2=O)cc1. The molecule has 3 aromatic carbocycles. The first-order valence-corrected chi connectivity index (χ1v) is 10.4. The molecule has 0 atom stereocenters. The number of hydrogen-bond acceptors (Lipinski definition) is 6. The first kappa shape index (κ1) is 21.8. The van der Waals surface area contributed by atoms with Crippen molar-refractivity contribution < 1.29 is 23.5 Å². The Bertz CT molecular complexity index is 1340. The summed E-state index contributed by atoms with van der Waals surface area (Å²) in [6, 6.07) is 22.2. The Balaban J connectivity index is 1.54. The van der Waals surface area contributed by atoms with Gasteiger partial charge in [0, 0.05) is 11.3 Å². The number of esters is 1. The smallest absolute Gasteiger partial charge is 0.338 e. The summed E-state index contributed by atoms with van der Waals surface area (Å²) in [5.41, 5.74) is 1.59. The Morgan fingerprint density at radius 1 is 0.909 bits per heavy atom. The van der Waals surface area contributed by atoms with E-state index in [0.29, 0.717) is 27.8 Å². The zero-order valence-corrected chi connectivity index (χ0v) is 17.9. The molecule has 0 bridgehead atoms. The average molecular weight is 443 g/mol. The number of fused-ring (bicyclic) bond motifs is 1. The maximum atomic E-state index is 13.1. The molecule has 0 aliphatic carbocycles. The van der Waals surface area contributed by atoms with E-state index in [-0.39, 0.29) is 23.5 Å². The summed E-state index contributed by atoms with van der Waals surface area (Å²) in [4.78, 5) is 37.3. The standard InChI is InChI=1S/C26H21NO6/c1-2-31-26(30)18-12-14-19(15-13-18)27-22(28)16-32-25-23(29)20-10-6-7-11-21(20)33-24(25)17-8-4-3-5-9-17/h3-15H,2,16H2,1H3,(H,27,28). The molecule has 0 fully saturated rings. The third-order valence-electron chi connectivity index (χ3n) is 4.82. The van der Waals surface area contributed by atoms with Crippen molar-refractivity contribution in [3.05, 3.63) is 94.6 Å². The molecule has 0 spiro atoms. The number of anilines is 1. The highest BCUT2D eigenvalue weighted by atomic mass is 16.5. The molecule has 33 heavy (non-hydrogen) atoms. The lowest BCUT2D eigenvalue weighted by atomic mass is 10.1. The number of para-hydroxylation sites is 1. The van der Waals surface area contributed by atoms with Gasteiger partial charge in [0.2, 0.25) is 11.2 Å². The molecule has 0 aliphatic rings. The summed E-state index contributed by atoms with van der Waals surface area (Å²) >= 11 is 0. The van der Waals surface area contributed by atoms with E-state index in [1.54, 1.807) is 67.6 Å². The van der Waals surface area contributed by atoms with E-state index in [1.165, 1.54) is 0 Å². The topological polar surface area (TPSA) is 94.8 Å². The van der Waals surface area contributed by atoms with Gasteiger partial charge < -0.3 is 19.2 Å². The van der Waals surface area contributed by atoms with Crippen molar-refractivity contribution in [2.75, 3.05) is 18.5 Å². The number of rotatable bonds is 7. The fraction of sp³-hybridized carbons (Fsp3) is 0.115. The predicted molar refractivity (Wildman–Crippen MR) is 124 cm³/mol. The Kier molecular flexibility index (Phi) is 6.50. The molecule has 1 heterocycles. The molecule has 7 nitrogen and oxygen atoms in total. The largest absolute Gasteiger partial charge is 0.476 e. The summed E-state index contributed by atoms with van der Waals surface area (Å²) in [6.45, 7) is 1.61. The van der Waals surface area contributed by atoms with Crippen LogP contribution in [0.4, 0.5) is 5.69 Å². The number of amides is 1. The molecule has 1 N–H and O–H groups in total. The first-order valence-electron chi connectivity index (χ1n) is 10.4. The molecule has 0 saturated heterocycles. The fourth-order valence-electron chi connectivity index (χ4n) is 3.27. The third kappa shape index (κ3) is 4.93. The second-order valence-corrected chi connectivity index (χ2v) is 7.09. The summed E-state index contributed by atoms with van der Waals surface area (Å²) in [5, 5.41) is 3.04. The lowest BCUT2D eigenvalue weighted by Crippen LogP contribution is -2.22. The van der Waals surface area contributed by atoms with Gasteiger partial charge in [0.15, 0.2) is 12.4 Å². The second kappa shape index (κ2) is 9.82. The molecular formula is C26H21NO6. The van der Waals surface area contributed by atoms with Crippen molar-refractivity contribution in [2.24, 2.45) is 0 Å². The van der Waals surface area contributed by atoms with Gasteiger partial charge in [-0.2, -0.15) is 0 Å². The van der Waals surface area contributed by atoms with Crippen LogP contribution in [0.25, 0.3) is 22.3 Å². The number of carbonyl (C=O) groups is 2. The van der Waals surface area contributed by atoms with E-state index in [9.17, 15) is 14.4 Å². The van der Waals surface area contributed by atoms with Gasteiger partial charge in [-0.1, -0.05) is 42.5 Å². The van der Waals surface area contributed by atoms with Crippen molar-refractivity contribution in [2.45, 2.75) is 6.92 Å². The van der Waals surface area contributed by atoms with Crippen molar-refractivity contribution in [1.29, 1.82) is 0 Å². The van der Waals surface area contributed by atoms with E-state index < -0.39 is 18.5 Å². The molecule has 0 saturated carbocycles. The number of ether oxygens (including phenoxy) is 2. The molecule has 0 aliphatic heterocycles. The minimum atomic E-state index is -0.467. The average Bonchev–Trinajstić information content (AvgIpc) is 2.84. The molecule has 1 amide bonds. The van der Waals surface area contributed by atoms with Gasteiger partial charge in [-0.25, -0.2) is 4.79 Å². The quantitative estimate of drug-likeness (QED) is 0.418. The van der Waals surface area contributed by atoms with Crippen LogP contribution in [0.3, 0.4) is 0 Å². The Morgan fingerprint density at radius 3 is 2.33 bits per heavy atom. The number of nitrogens with one attached hydrogen (secondary N) is 1. The molecule has 4 rings (SSSR count). The molecule has 0 unspecified atom stereocenters. The lowest BCUT2D eigenvalue weighted by Gasteiger charge is -2.12. The highest BCUT2D eigenvalue weighted by Crippen LogP contribution is 2.30. The van der Waals surface area contributed by atoms with E-state index >= 15 is 0 Å². The van der Waals surface area contributed by atoms with Gasteiger partial charge in [0.25, 0.3) is 5.91 Å². The minimum Gasteiger partial charge on any atom is -0.476 e. The number of benzene rings is 3. The molecular weight excluding hydrogens is 422 g/mol. The van der Waals surface area contributed by atoms with Gasteiger partial charge in [0.05, 0.1) is 17.6 Å². The van der Waals surface area contributed by atoms with Crippen molar-refractivity contribution in [3.8, 4) is 17.1 Å². The van der Waals surface area contributed by atoms with E-state index in [4.69, 9.17) is 13.9 Å². The first-order chi connectivity index (χ1) is 16.1. The zero-order chi connectivity index (χ0) is 23.2. The van der Waals surface area contributed by atoms with Crippen LogP contribution in [-0.2, 0) is 9.53 Å². The van der Waals surface area contributed by atoms with Crippen LogP contribution in [0.15, 0.2) is 88.1 Å². The summed E-state index contributed by atoms with van der Waals surface area (Å²) in [5.74, 6) is -0.681. The second-order valence-electron chi connectivity index (χ2n) is 7.09. The van der Waals surface area contributed by atoms with Gasteiger partial charge in [-0.15, -0.1) is 0 Å². The molecule has 1 aromatic heterocycles. The summed E-state index contributed by atoms with van der Waals surface area (Å²) in [6.07, 6.45) is 0. The predicted octanol–water partition coefficient (Wildman–Crippen LogP) is 4.65. The minimum absolute atomic E-state index is 0.0345. The van der Waals surface area contributed by atoms with Crippen LogP contribution in [0.2, 0.25) is 0 Å². The van der Waals surface area contributed by atoms with Gasteiger partial charge in [-0.3, -0.25) is 9.59 Å². The van der Waals surface area contributed by atoms with E-state index in [0.717, 1.165) is 0 Å². The lowest BCUT2D eigenvalue weighted by molar-refractivity contribution is -0.118. The van der Waals surface area contributed by atoms with Crippen LogP contribution in [0, 0.1) is 0 Å². The number of carbonyl (C=O) groups excluding carboxylic acids is 2. The number of hydrogen-bond donors (Lipinski definition) is 1. The highest BCUT2D eigenvalue weighted by molar-refractivity contribution is 5.94. The normalized spacial score (nSPS) is 10.6. The molecule has 7 heteroatoms. The maximum absolute atomic E-state index is 13.1. The third-order valence-corrected chi connectivity index (χ3v) is 4.82. The highest BCUT2D eigenvalue weighted by Gasteiger charge is 2.18. The van der Waals surface area contributed by atoms with Gasteiger partial charge in [-0.05, 0) is 43.3 Å². The monoisotopic (exact) mass is 443 g/mol. The van der Waals surface area contributed by atoms with E-state index in [2.05, 4.69) is 5.32 Å². The maximum Gasteiger partial charge on any atom is 0.338 e. The van der Waals surface area contributed by atoms with Crippen LogP contribution in [0.1, 0.15) is 17.3 Å². The van der Waals surface area contributed by atoms with Crippen LogP contribution in [-0.4, -0.2) is 25.1 Å². The van der Waals surface area contributed by atoms with Crippen LogP contribution in [0.5, 0.6) is 5.75 Å². The van der Waals surface area contributed by atoms with Gasteiger partial charge in [0.1, 0.15) is 5.58 Å². The molecule has 166 valence electrons. The molecule has 0 radical (unpaired) electrons. The van der Waals surface area contributed by atoms with E-state index in [1.807, 2.05) is 18.2 Å². The van der Waals surface area contributed by atoms with Crippen LogP contribution >= 0.6 is 0 Å². The zero-order valence-electron chi connectivity index (χ0n) is 17.9. The van der Waals surface area contributed by atoms with Crippen molar-refractivity contribution in [1.82, 2.24) is 0 Å². The summed E-state index contributed by atoms with van der Waals surface area (Å²) < 4.78 is 16.6. The van der Waals surface area contributed by atoms with Crippen molar-refractivity contribution >= 4 is 28.5 Å². The molecule has 4 aromatic rings. The van der Waals surface area contributed by atoms with Crippen LogP contribution < -0.4 is 15.5 Å². The van der Waals surface area contributed by atoms with Crippen molar-refractivity contribution in [3.63, 3.8) is 0 Å². The Morgan fingerprint density at radius 2 is 1.61 bits per heavy atom. The fourth-order valence-corrected chi connectivity index (χ4v) is 3.27. The van der Waals surface area contributed by atoms with Gasteiger partial charge >= 0.3 is 5.97 Å².